The Labute approximate surface area is 178 Å². The van der Waals surface area contributed by atoms with E-state index in [1.165, 1.54) is 13.0 Å². The summed E-state index contributed by atoms with van der Waals surface area (Å²) in [4.78, 5) is 12.7. The molecule has 30 heavy (non-hydrogen) atoms. The van der Waals surface area contributed by atoms with Crippen molar-refractivity contribution in [2.24, 2.45) is 0 Å². The number of thiophene rings is 1. The molecule has 0 fully saturated rings. The largest absolute Gasteiger partial charge is 0.480 e. The second-order valence-electron chi connectivity index (χ2n) is 7.29. The van der Waals surface area contributed by atoms with Crippen LogP contribution in [-0.4, -0.2) is 29.4 Å². The number of nitrogens with zero attached hydrogens (tertiary/aromatic N) is 1. The molecule has 0 spiro atoms. The van der Waals surface area contributed by atoms with E-state index in [1.807, 2.05) is 47.1 Å². The molecule has 0 unspecified atom stereocenters. The first-order valence-electron chi connectivity index (χ1n) is 9.25. The highest BCUT2D eigenvalue weighted by molar-refractivity contribution is 7.91. The van der Waals surface area contributed by atoms with Gasteiger partial charge >= 0.3 is 5.97 Å². The van der Waals surface area contributed by atoms with E-state index in [0.717, 1.165) is 32.9 Å². The fourth-order valence-electron chi connectivity index (χ4n) is 3.32. The highest BCUT2D eigenvalue weighted by Gasteiger charge is 2.38. The van der Waals surface area contributed by atoms with Gasteiger partial charge in [0.05, 0.1) is 0 Å². The van der Waals surface area contributed by atoms with E-state index < -0.39 is 21.5 Å². The summed E-state index contributed by atoms with van der Waals surface area (Å²) >= 11 is 1.11. The molecule has 2 N–H and O–H groups in total. The molecule has 0 aliphatic rings. The molecular weight excluding hydrogens is 420 g/mol. The van der Waals surface area contributed by atoms with Crippen molar-refractivity contribution in [3.8, 4) is 10.4 Å². The Morgan fingerprint density at radius 2 is 1.83 bits per heavy atom. The van der Waals surface area contributed by atoms with Gasteiger partial charge in [0.15, 0.2) is 0 Å². The summed E-state index contributed by atoms with van der Waals surface area (Å²) in [6.07, 6.45) is 3.89. The molecule has 0 aliphatic heterocycles. The summed E-state index contributed by atoms with van der Waals surface area (Å²) in [6, 6.07) is 20.0. The van der Waals surface area contributed by atoms with Crippen LogP contribution in [0.2, 0.25) is 0 Å². The van der Waals surface area contributed by atoms with E-state index in [9.17, 15) is 18.3 Å². The Kier molecular flexibility index (Phi) is 5.23. The highest BCUT2D eigenvalue weighted by Crippen LogP contribution is 2.32. The van der Waals surface area contributed by atoms with Gasteiger partial charge in [-0.3, -0.25) is 4.79 Å². The normalized spacial score (nSPS) is 13.9. The summed E-state index contributed by atoms with van der Waals surface area (Å²) in [7, 11) is -4.02. The Morgan fingerprint density at radius 1 is 1.10 bits per heavy atom. The lowest BCUT2D eigenvalue weighted by Crippen LogP contribution is -2.53. The van der Waals surface area contributed by atoms with Crippen LogP contribution in [0.1, 0.15) is 12.5 Å². The minimum absolute atomic E-state index is 0.0332. The van der Waals surface area contributed by atoms with Crippen molar-refractivity contribution in [1.82, 2.24) is 9.12 Å². The number of hydrogen-bond donors (Lipinski definition) is 2. The van der Waals surface area contributed by atoms with Crippen molar-refractivity contribution < 1.29 is 18.3 Å². The topological polar surface area (TPSA) is 87.9 Å². The van der Waals surface area contributed by atoms with Crippen LogP contribution in [0.15, 0.2) is 83.3 Å². The van der Waals surface area contributed by atoms with Crippen LogP contribution >= 0.6 is 11.3 Å². The number of carboxylic acid groups (broad SMARTS) is 1. The first-order valence-corrected chi connectivity index (χ1v) is 11.6. The SMILES string of the molecule is C[C@@](Cc1ccccc1)(NS(=O)(=O)c1ccc(-c2cc3ccccn3c2)s1)C(=O)O. The number of nitrogens with one attached hydrogen (secondary N) is 1. The van der Waals surface area contributed by atoms with E-state index in [1.54, 1.807) is 30.3 Å². The van der Waals surface area contributed by atoms with Crippen molar-refractivity contribution in [3.05, 3.63) is 84.7 Å². The molecule has 154 valence electrons. The van der Waals surface area contributed by atoms with Gasteiger partial charge in [-0.1, -0.05) is 36.4 Å². The van der Waals surface area contributed by atoms with Crippen molar-refractivity contribution in [2.75, 3.05) is 0 Å². The van der Waals surface area contributed by atoms with Gasteiger partial charge in [-0.2, -0.15) is 4.72 Å². The van der Waals surface area contributed by atoms with Crippen LogP contribution in [0, 0.1) is 0 Å². The Balaban J connectivity index is 1.62. The summed E-state index contributed by atoms with van der Waals surface area (Å²) in [5.41, 5.74) is 0.968. The average Bonchev–Trinajstić information content (AvgIpc) is 3.35. The molecule has 3 heterocycles. The predicted molar refractivity (Wildman–Crippen MR) is 117 cm³/mol. The second kappa shape index (κ2) is 7.71. The molecular formula is C22H20N2O4S2. The quantitative estimate of drug-likeness (QED) is 0.454. The van der Waals surface area contributed by atoms with Gasteiger partial charge in [-0.25, -0.2) is 8.42 Å². The first kappa shape index (κ1) is 20.3. The first-order chi connectivity index (χ1) is 14.3. The zero-order chi connectivity index (χ0) is 21.4. The van der Waals surface area contributed by atoms with Gasteiger partial charge in [0.25, 0.3) is 10.0 Å². The average molecular weight is 441 g/mol. The number of pyridine rings is 1. The molecule has 6 nitrogen and oxygen atoms in total. The lowest BCUT2D eigenvalue weighted by atomic mass is 9.94. The van der Waals surface area contributed by atoms with Crippen LogP contribution in [0.3, 0.4) is 0 Å². The molecule has 0 saturated heterocycles. The zero-order valence-electron chi connectivity index (χ0n) is 16.1. The number of aliphatic carboxylic acids is 1. The molecule has 0 radical (unpaired) electrons. The number of benzene rings is 1. The maximum absolute atomic E-state index is 13.0. The summed E-state index contributed by atoms with van der Waals surface area (Å²) < 4.78 is 30.4. The molecule has 1 aromatic carbocycles. The third-order valence-corrected chi connectivity index (χ3v) is 8.09. The minimum atomic E-state index is -4.02. The number of sulfonamides is 1. The van der Waals surface area contributed by atoms with Gasteiger partial charge in [0.2, 0.25) is 0 Å². The highest BCUT2D eigenvalue weighted by atomic mass is 32.2. The maximum Gasteiger partial charge on any atom is 0.324 e. The van der Waals surface area contributed by atoms with E-state index in [0.29, 0.717) is 0 Å². The molecule has 0 aliphatic carbocycles. The number of aromatic nitrogens is 1. The van der Waals surface area contributed by atoms with E-state index in [-0.39, 0.29) is 10.6 Å². The van der Waals surface area contributed by atoms with Crippen molar-refractivity contribution in [2.45, 2.75) is 23.1 Å². The van der Waals surface area contributed by atoms with Gasteiger partial charge in [-0.05, 0) is 42.8 Å². The Morgan fingerprint density at radius 3 is 2.53 bits per heavy atom. The Hall–Kier alpha value is -2.94. The number of rotatable bonds is 7. The van der Waals surface area contributed by atoms with Gasteiger partial charge in [0.1, 0.15) is 9.75 Å². The third kappa shape index (κ3) is 4.02. The van der Waals surface area contributed by atoms with Crippen LogP contribution in [-0.2, 0) is 21.2 Å². The van der Waals surface area contributed by atoms with Crippen molar-refractivity contribution in [1.29, 1.82) is 0 Å². The van der Waals surface area contributed by atoms with E-state index in [4.69, 9.17) is 0 Å². The fraction of sp³-hybridized carbons (Fsp3) is 0.136. The molecule has 4 rings (SSSR count). The van der Waals surface area contributed by atoms with Crippen molar-refractivity contribution in [3.63, 3.8) is 0 Å². The number of hydrogen-bond acceptors (Lipinski definition) is 4. The van der Waals surface area contributed by atoms with Crippen molar-refractivity contribution >= 4 is 32.8 Å². The smallest absolute Gasteiger partial charge is 0.324 e. The molecule has 3 aromatic heterocycles. The fourth-order valence-corrected chi connectivity index (χ4v) is 5.97. The van der Waals surface area contributed by atoms with E-state index in [2.05, 4.69) is 4.72 Å². The van der Waals surface area contributed by atoms with Gasteiger partial charge in [-0.15, -0.1) is 11.3 Å². The summed E-state index contributed by atoms with van der Waals surface area (Å²) in [5, 5.41) is 9.74. The molecule has 8 heteroatoms. The monoisotopic (exact) mass is 440 g/mol. The molecule has 4 aromatic rings. The molecule has 1 atom stereocenters. The van der Waals surface area contributed by atoms with Gasteiger partial charge < -0.3 is 9.51 Å². The van der Waals surface area contributed by atoms with Crippen LogP contribution in [0.4, 0.5) is 0 Å². The van der Waals surface area contributed by atoms with Gasteiger partial charge in [0, 0.05) is 34.8 Å². The third-order valence-electron chi connectivity index (χ3n) is 4.87. The lowest BCUT2D eigenvalue weighted by Gasteiger charge is -2.25. The van der Waals surface area contributed by atoms with Crippen LogP contribution < -0.4 is 4.72 Å². The summed E-state index contributed by atoms with van der Waals surface area (Å²) in [6.45, 7) is 1.38. The second-order valence-corrected chi connectivity index (χ2v) is 10.3. The number of carbonyl (C=O) groups is 1. The zero-order valence-corrected chi connectivity index (χ0v) is 17.8. The van der Waals surface area contributed by atoms with E-state index >= 15 is 0 Å². The standard InChI is InChI=1S/C22H20N2O4S2/c1-22(21(25)26,14-16-7-3-2-4-8-16)23-30(27,28)20-11-10-19(29-20)17-13-18-9-5-6-12-24(18)15-17/h2-13,15,23H,14H2,1H3,(H,25,26)/t22-/m0/s1. The molecule has 0 amide bonds. The maximum atomic E-state index is 13.0. The summed E-state index contributed by atoms with van der Waals surface area (Å²) in [5.74, 6) is -1.23. The van der Waals surface area contributed by atoms with Crippen LogP contribution in [0.5, 0.6) is 0 Å². The predicted octanol–water partition coefficient (Wildman–Crippen LogP) is 4.03. The number of carboxylic acids is 1. The van der Waals surface area contributed by atoms with Crippen LogP contribution in [0.25, 0.3) is 16.0 Å². The molecule has 0 bridgehead atoms. The lowest BCUT2D eigenvalue weighted by molar-refractivity contribution is -0.143. The number of fused-ring (bicyclic) bond motifs is 1. The molecule has 0 saturated carbocycles. The Bertz CT molecular complexity index is 1280. The minimum Gasteiger partial charge on any atom is -0.480 e.